The number of hydrogen-bond donors (Lipinski definition) is 0. The number of esters is 1. The fourth-order valence-electron chi connectivity index (χ4n) is 1.90. The Balaban J connectivity index is 2.61. The van der Waals surface area contributed by atoms with Crippen molar-refractivity contribution in [3.05, 3.63) is 35.1 Å². The van der Waals surface area contributed by atoms with E-state index >= 15 is 0 Å². The maximum Gasteiger partial charge on any atom is 0.374 e. The third-order valence-corrected chi connectivity index (χ3v) is 2.62. The minimum atomic E-state index is -0.393. The Morgan fingerprint density at radius 2 is 2.12 bits per heavy atom. The first kappa shape index (κ1) is 10.7. The molecule has 1 heterocycles. The van der Waals surface area contributed by atoms with Crippen LogP contribution < -0.4 is 0 Å². The average molecular weight is 218 g/mol. The fraction of sp³-hybridized carbons (Fsp3) is 0.308. The summed E-state index contributed by atoms with van der Waals surface area (Å²) in [6, 6.07) is 5.77. The van der Waals surface area contributed by atoms with E-state index in [1.165, 1.54) is 0 Å². The molecule has 2 rings (SSSR count). The van der Waals surface area contributed by atoms with Crippen LogP contribution in [0, 0.1) is 13.8 Å². The molecule has 3 heteroatoms. The van der Waals surface area contributed by atoms with Gasteiger partial charge >= 0.3 is 5.97 Å². The van der Waals surface area contributed by atoms with Crippen molar-refractivity contribution < 1.29 is 13.9 Å². The lowest BCUT2D eigenvalue weighted by atomic mass is 10.1. The lowest BCUT2D eigenvalue weighted by Crippen LogP contribution is -2.04. The van der Waals surface area contributed by atoms with E-state index in [0.717, 1.165) is 22.1 Å². The normalized spacial score (nSPS) is 10.7. The minimum absolute atomic E-state index is 0.311. The van der Waals surface area contributed by atoms with Gasteiger partial charge in [0, 0.05) is 10.9 Å². The monoisotopic (exact) mass is 218 g/mol. The number of aryl methyl sites for hydroxylation is 2. The maximum atomic E-state index is 11.6. The smallest absolute Gasteiger partial charge is 0.374 e. The van der Waals surface area contributed by atoms with Crippen molar-refractivity contribution in [1.29, 1.82) is 0 Å². The summed E-state index contributed by atoms with van der Waals surface area (Å²) in [7, 11) is 0. The van der Waals surface area contributed by atoms with Crippen LogP contribution in [0.5, 0.6) is 0 Å². The first-order valence-electron chi connectivity index (χ1n) is 5.31. The molecule has 16 heavy (non-hydrogen) atoms. The summed E-state index contributed by atoms with van der Waals surface area (Å²) < 4.78 is 10.5. The van der Waals surface area contributed by atoms with Crippen molar-refractivity contribution in [2.24, 2.45) is 0 Å². The zero-order chi connectivity index (χ0) is 11.7. The van der Waals surface area contributed by atoms with Crippen LogP contribution in [0.15, 0.2) is 22.6 Å². The molecule has 0 radical (unpaired) electrons. The van der Waals surface area contributed by atoms with Crippen LogP contribution in [0.25, 0.3) is 11.0 Å². The van der Waals surface area contributed by atoms with Gasteiger partial charge in [0.25, 0.3) is 0 Å². The molecule has 0 N–H and O–H groups in total. The van der Waals surface area contributed by atoms with Crippen LogP contribution in [-0.2, 0) is 4.74 Å². The van der Waals surface area contributed by atoms with Gasteiger partial charge in [0.1, 0.15) is 5.58 Å². The average Bonchev–Trinajstić information content (AvgIpc) is 2.58. The van der Waals surface area contributed by atoms with Gasteiger partial charge in [-0.15, -0.1) is 0 Å². The molecular weight excluding hydrogens is 204 g/mol. The minimum Gasteiger partial charge on any atom is -0.460 e. The molecule has 0 amide bonds. The van der Waals surface area contributed by atoms with Gasteiger partial charge in [-0.3, -0.25) is 0 Å². The van der Waals surface area contributed by atoms with Crippen LogP contribution in [0.2, 0.25) is 0 Å². The molecule has 1 aromatic carbocycles. The van der Waals surface area contributed by atoms with Crippen molar-refractivity contribution in [3.63, 3.8) is 0 Å². The zero-order valence-corrected chi connectivity index (χ0v) is 9.66. The Kier molecular flexibility index (Phi) is 2.69. The SMILES string of the molecule is CCOC(=O)c1oc2cccc(C)c2c1C. The third kappa shape index (κ3) is 1.58. The van der Waals surface area contributed by atoms with Crippen molar-refractivity contribution in [2.45, 2.75) is 20.8 Å². The van der Waals surface area contributed by atoms with Gasteiger partial charge in [0.05, 0.1) is 6.61 Å². The van der Waals surface area contributed by atoms with E-state index < -0.39 is 5.97 Å². The molecule has 84 valence electrons. The molecule has 1 aromatic heterocycles. The summed E-state index contributed by atoms with van der Waals surface area (Å²) in [4.78, 5) is 11.6. The first-order chi connectivity index (χ1) is 7.65. The van der Waals surface area contributed by atoms with Gasteiger partial charge < -0.3 is 9.15 Å². The van der Waals surface area contributed by atoms with E-state index in [-0.39, 0.29) is 0 Å². The summed E-state index contributed by atoms with van der Waals surface area (Å²) in [5.41, 5.74) is 2.70. The summed E-state index contributed by atoms with van der Waals surface area (Å²) in [6.45, 7) is 6.01. The van der Waals surface area contributed by atoms with Crippen molar-refractivity contribution in [3.8, 4) is 0 Å². The molecule has 0 unspecified atom stereocenters. The first-order valence-corrected chi connectivity index (χ1v) is 5.31. The Hall–Kier alpha value is -1.77. The molecule has 0 aliphatic heterocycles. The number of carbonyl (C=O) groups excluding carboxylic acids is 1. The molecular formula is C13H14O3. The van der Waals surface area contributed by atoms with Crippen LogP contribution in [0.3, 0.4) is 0 Å². The predicted octanol–water partition coefficient (Wildman–Crippen LogP) is 3.23. The summed E-state index contributed by atoms with van der Waals surface area (Å²) >= 11 is 0. The number of carbonyl (C=O) groups is 1. The van der Waals surface area contributed by atoms with E-state index in [1.54, 1.807) is 6.92 Å². The van der Waals surface area contributed by atoms with E-state index in [1.807, 2.05) is 32.0 Å². The highest BCUT2D eigenvalue weighted by molar-refractivity contribution is 5.97. The van der Waals surface area contributed by atoms with Crippen LogP contribution >= 0.6 is 0 Å². The molecule has 0 aliphatic carbocycles. The van der Waals surface area contributed by atoms with E-state index in [4.69, 9.17) is 9.15 Å². The Bertz CT molecular complexity index is 537. The fourth-order valence-corrected chi connectivity index (χ4v) is 1.90. The predicted molar refractivity (Wildman–Crippen MR) is 61.6 cm³/mol. The molecule has 0 atom stereocenters. The molecule has 0 spiro atoms. The van der Waals surface area contributed by atoms with Gasteiger partial charge in [-0.25, -0.2) is 4.79 Å². The second-order valence-electron chi connectivity index (χ2n) is 3.72. The molecule has 0 saturated heterocycles. The molecule has 0 saturated carbocycles. The molecule has 0 fully saturated rings. The van der Waals surface area contributed by atoms with E-state index in [0.29, 0.717) is 12.4 Å². The number of fused-ring (bicyclic) bond motifs is 1. The third-order valence-electron chi connectivity index (χ3n) is 2.62. The topological polar surface area (TPSA) is 39.4 Å². The van der Waals surface area contributed by atoms with Crippen LogP contribution in [0.4, 0.5) is 0 Å². The number of rotatable bonds is 2. The largest absolute Gasteiger partial charge is 0.460 e. The number of benzene rings is 1. The van der Waals surface area contributed by atoms with Crippen LogP contribution in [0.1, 0.15) is 28.6 Å². The number of ether oxygens (including phenoxy) is 1. The summed E-state index contributed by atoms with van der Waals surface area (Å²) in [5, 5.41) is 1.01. The van der Waals surface area contributed by atoms with E-state index in [2.05, 4.69) is 0 Å². The van der Waals surface area contributed by atoms with Gasteiger partial charge in [-0.2, -0.15) is 0 Å². The van der Waals surface area contributed by atoms with Crippen molar-refractivity contribution >= 4 is 16.9 Å². The van der Waals surface area contributed by atoms with Crippen molar-refractivity contribution in [1.82, 2.24) is 0 Å². The van der Waals surface area contributed by atoms with Gasteiger partial charge in [-0.05, 0) is 32.4 Å². The van der Waals surface area contributed by atoms with Gasteiger partial charge in [-0.1, -0.05) is 12.1 Å². The highest BCUT2D eigenvalue weighted by Gasteiger charge is 2.19. The van der Waals surface area contributed by atoms with Crippen molar-refractivity contribution in [2.75, 3.05) is 6.61 Å². The highest BCUT2D eigenvalue weighted by atomic mass is 16.5. The zero-order valence-electron chi connectivity index (χ0n) is 9.66. The van der Waals surface area contributed by atoms with Crippen LogP contribution in [-0.4, -0.2) is 12.6 Å². The summed E-state index contributed by atoms with van der Waals surface area (Å²) in [5.74, 6) is -0.0817. The number of hydrogen-bond acceptors (Lipinski definition) is 3. The second-order valence-corrected chi connectivity index (χ2v) is 3.72. The van der Waals surface area contributed by atoms with E-state index in [9.17, 15) is 4.79 Å². The maximum absolute atomic E-state index is 11.6. The molecule has 0 bridgehead atoms. The van der Waals surface area contributed by atoms with Gasteiger partial charge in [0.15, 0.2) is 0 Å². The second kappa shape index (κ2) is 4.00. The Morgan fingerprint density at radius 1 is 1.38 bits per heavy atom. The Labute approximate surface area is 94.0 Å². The Morgan fingerprint density at radius 3 is 2.75 bits per heavy atom. The standard InChI is InChI=1S/C13H14O3/c1-4-15-13(14)12-9(3)11-8(2)6-5-7-10(11)16-12/h5-7H,4H2,1-3H3. The molecule has 0 aliphatic rings. The highest BCUT2D eigenvalue weighted by Crippen LogP contribution is 2.28. The summed E-state index contributed by atoms with van der Waals surface area (Å²) in [6.07, 6.45) is 0. The molecule has 2 aromatic rings. The lowest BCUT2D eigenvalue weighted by molar-refractivity contribution is 0.0491. The lowest BCUT2D eigenvalue weighted by Gasteiger charge is -1.98. The molecule has 3 nitrogen and oxygen atoms in total. The van der Waals surface area contributed by atoms with Gasteiger partial charge in [0.2, 0.25) is 5.76 Å². The number of furan rings is 1. The quantitative estimate of drug-likeness (QED) is 0.726.